The van der Waals surface area contributed by atoms with E-state index in [0.29, 0.717) is 6.42 Å². The highest BCUT2D eigenvalue weighted by atomic mass is 32.2. The van der Waals surface area contributed by atoms with E-state index in [1.165, 1.54) is 4.90 Å². The Morgan fingerprint density at radius 1 is 1.40 bits per heavy atom. The summed E-state index contributed by atoms with van der Waals surface area (Å²) in [4.78, 5) is 17.3. The quantitative estimate of drug-likeness (QED) is 0.626. The molecule has 20 heavy (non-hydrogen) atoms. The van der Waals surface area contributed by atoms with E-state index in [1.54, 1.807) is 18.0 Å². The van der Waals surface area contributed by atoms with Crippen molar-refractivity contribution < 1.29 is 9.53 Å². The van der Waals surface area contributed by atoms with E-state index in [9.17, 15) is 4.79 Å². The first-order valence-corrected chi connectivity index (χ1v) is 7.70. The zero-order valence-corrected chi connectivity index (χ0v) is 11.9. The molecule has 2 aromatic rings. The minimum atomic E-state index is -0.167. The van der Waals surface area contributed by atoms with E-state index in [1.807, 2.05) is 41.1 Å². The van der Waals surface area contributed by atoms with Crippen molar-refractivity contribution in [2.75, 3.05) is 5.75 Å². The van der Waals surface area contributed by atoms with Gasteiger partial charge in [-0.2, -0.15) is 0 Å². The van der Waals surface area contributed by atoms with Gasteiger partial charge in [-0.1, -0.05) is 18.2 Å². The molecule has 0 N–H and O–H groups in total. The zero-order valence-electron chi connectivity index (χ0n) is 11.1. The number of hydrogen-bond acceptors (Lipinski definition) is 4. The predicted molar refractivity (Wildman–Crippen MR) is 77.5 cm³/mol. The molecule has 0 saturated heterocycles. The summed E-state index contributed by atoms with van der Waals surface area (Å²) in [7, 11) is 0. The van der Waals surface area contributed by atoms with Gasteiger partial charge in [0.15, 0.2) is 6.10 Å². The molecule has 0 radical (unpaired) electrons. The monoisotopic (exact) mass is 288 g/mol. The van der Waals surface area contributed by atoms with Gasteiger partial charge in [-0.3, -0.25) is 4.79 Å². The normalized spacial score (nSPS) is 16.9. The molecule has 5 heteroatoms. The van der Waals surface area contributed by atoms with Crippen LogP contribution in [0.1, 0.15) is 24.8 Å². The number of imidazole rings is 1. The SMILES string of the molecule is O=C(CCSc1ccccc1)OC1CCn2ccnc21. The van der Waals surface area contributed by atoms with Crippen molar-refractivity contribution in [3.05, 3.63) is 48.5 Å². The lowest BCUT2D eigenvalue weighted by molar-refractivity contribution is -0.149. The van der Waals surface area contributed by atoms with Crippen LogP contribution < -0.4 is 0 Å². The third kappa shape index (κ3) is 3.04. The average molecular weight is 288 g/mol. The summed E-state index contributed by atoms with van der Waals surface area (Å²) < 4.78 is 7.54. The molecule has 1 aromatic heterocycles. The summed E-state index contributed by atoms with van der Waals surface area (Å²) in [6.45, 7) is 0.881. The van der Waals surface area contributed by atoms with Crippen molar-refractivity contribution in [3.63, 3.8) is 0 Å². The Labute approximate surface area is 122 Å². The maximum absolute atomic E-state index is 11.8. The second-order valence-electron chi connectivity index (χ2n) is 4.66. The molecule has 4 nitrogen and oxygen atoms in total. The molecule has 104 valence electrons. The Kier molecular flexibility index (Phi) is 4.06. The Bertz CT molecular complexity index is 583. The van der Waals surface area contributed by atoms with Crippen LogP contribution in [0.5, 0.6) is 0 Å². The molecule has 0 aliphatic carbocycles. The van der Waals surface area contributed by atoms with Crippen molar-refractivity contribution in [1.82, 2.24) is 9.55 Å². The summed E-state index contributed by atoms with van der Waals surface area (Å²) in [5.74, 6) is 1.47. The summed E-state index contributed by atoms with van der Waals surface area (Å²) in [5.41, 5.74) is 0. The van der Waals surface area contributed by atoms with Crippen molar-refractivity contribution >= 4 is 17.7 Å². The lowest BCUT2D eigenvalue weighted by atomic mass is 10.3. The van der Waals surface area contributed by atoms with Crippen LogP contribution >= 0.6 is 11.8 Å². The first kappa shape index (κ1) is 13.2. The van der Waals surface area contributed by atoms with Gasteiger partial charge < -0.3 is 9.30 Å². The first-order valence-electron chi connectivity index (χ1n) is 6.71. The zero-order chi connectivity index (χ0) is 13.8. The van der Waals surface area contributed by atoms with Crippen molar-refractivity contribution in [2.24, 2.45) is 0 Å². The van der Waals surface area contributed by atoms with Gasteiger partial charge in [0, 0.05) is 36.0 Å². The van der Waals surface area contributed by atoms with Crippen molar-refractivity contribution in [3.8, 4) is 0 Å². The topological polar surface area (TPSA) is 44.1 Å². The van der Waals surface area contributed by atoms with Crippen LogP contribution in [-0.2, 0) is 16.1 Å². The second kappa shape index (κ2) is 6.13. The molecular weight excluding hydrogens is 272 g/mol. The van der Waals surface area contributed by atoms with Gasteiger partial charge in [-0.25, -0.2) is 4.98 Å². The van der Waals surface area contributed by atoms with E-state index >= 15 is 0 Å². The summed E-state index contributed by atoms with van der Waals surface area (Å²) >= 11 is 1.67. The summed E-state index contributed by atoms with van der Waals surface area (Å²) in [5, 5.41) is 0. The molecule has 2 heterocycles. The highest BCUT2D eigenvalue weighted by molar-refractivity contribution is 7.99. The minimum Gasteiger partial charge on any atom is -0.454 e. The molecule has 1 atom stereocenters. The molecule has 1 unspecified atom stereocenters. The van der Waals surface area contributed by atoms with E-state index < -0.39 is 0 Å². The Morgan fingerprint density at radius 2 is 2.25 bits per heavy atom. The van der Waals surface area contributed by atoms with Gasteiger partial charge in [0.05, 0.1) is 6.42 Å². The molecule has 1 aromatic carbocycles. The third-order valence-corrected chi connectivity index (χ3v) is 4.27. The van der Waals surface area contributed by atoms with Gasteiger partial charge in [-0.05, 0) is 12.1 Å². The number of aromatic nitrogens is 2. The van der Waals surface area contributed by atoms with Crippen LogP contribution in [0.2, 0.25) is 0 Å². The minimum absolute atomic E-state index is 0.144. The van der Waals surface area contributed by atoms with Crippen LogP contribution in [0.15, 0.2) is 47.6 Å². The Hall–Kier alpha value is -1.75. The molecular formula is C15H16N2O2S. The molecule has 0 amide bonds. The van der Waals surface area contributed by atoms with Gasteiger partial charge in [0.1, 0.15) is 5.82 Å². The predicted octanol–water partition coefficient (Wildman–Crippen LogP) is 3.05. The lowest BCUT2D eigenvalue weighted by Gasteiger charge is -2.10. The third-order valence-electron chi connectivity index (χ3n) is 3.26. The largest absolute Gasteiger partial charge is 0.454 e. The number of carbonyl (C=O) groups is 1. The Balaban J connectivity index is 1.44. The number of aryl methyl sites for hydroxylation is 1. The molecule has 1 aliphatic heterocycles. The first-order chi connectivity index (χ1) is 9.83. The van der Waals surface area contributed by atoms with E-state index in [2.05, 4.69) is 4.98 Å². The number of fused-ring (bicyclic) bond motifs is 1. The lowest BCUT2D eigenvalue weighted by Crippen LogP contribution is -2.10. The standard InChI is InChI=1S/C15H16N2O2S/c18-14(7-11-20-12-4-2-1-3-5-12)19-13-6-9-17-10-8-16-15(13)17/h1-5,8,10,13H,6-7,9,11H2. The fourth-order valence-corrected chi connectivity index (χ4v) is 3.14. The summed E-state index contributed by atoms with van der Waals surface area (Å²) in [6, 6.07) is 10.1. The highest BCUT2D eigenvalue weighted by Gasteiger charge is 2.26. The number of hydrogen-bond donors (Lipinski definition) is 0. The molecule has 3 rings (SSSR count). The number of thioether (sulfide) groups is 1. The van der Waals surface area contributed by atoms with Crippen LogP contribution in [0.25, 0.3) is 0 Å². The van der Waals surface area contributed by atoms with Crippen LogP contribution in [-0.4, -0.2) is 21.3 Å². The van der Waals surface area contributed by atoms with E-state index in [4.69, 9.17) is 4.74 Å². The average Bonchev–Trinajstić information content (AvgIpc) is 3.05. The molecule has 0 bridgehead atoms. The number of benzene rings is 1. The highest BCUT2D eigenvalue weighted by Crippen LogP contribution is 2.28. The van der Waals surface area contributed by atoms with Gasteiger partial charge in [0.2, 0.25) is 0 Å². The second-order valence-corrected chi connectivity index (χ2v) is 5.83. The van der Waals surface area contributed by atoms with Crippen molar-refractivity contribution in [1.29, 1.82) is 0 Å². The van der Waals surface area contributed by atoms with Gasteiger partial charge >= 0.3 is 5.97 Å². The molecule has 0 saturated carbocycles. The number of ether oxygens (including phenoxy) is 1. The fourth-order valence-electron chi connectivity index (χ4n) is 2.28. The number of rotatable bonds is 5. The van der Waals surface area contributed by atoms with Gasteiger partial charge in [-0.15, -0.1) is 11.8 Å². The molecule has 0 spiro atoms. The van der Waals surface area contributed by atoms with Crippen LogP contribution in [0, 0.1) is 0 Å². The van der Waals surface area contributed by atoms with Crippen LogP contribution in [0.4, 0.5) is 0 Å². The molecule has 1 aliphatic rings. The number of nitrogens with zero attached hydrogens (tertiary/aromatic N) is 2. The smallest absolute Gasteiger partial charge is 0.307 e. The number of esters is 1. The fraction of sp³-hybridized carbons (Fsp3) is 0.333. The van der Waals surface area contributed by atoms with Gasteiger partial charge in [0.25, 0.3) is 0 Å². The number of carbonyl (C=O) groups excluding carboxylic acids is 1. The summed E-state index contributed by atoms with van der Waals surface area (Å²) in [6.07, 6.45) is 4.77. The van der Waals surface area contributed by atoms with Crippen LogP contribution in [0.3, 0.4) is 0 Å². The maximum Gasteiger partial charge on any atom is 0.307 e. The molecule has 0 fully saturated rings. The van der Waals surface area contributed by atoms with E-state index in [0.717, 1.165) is 24.5 Å². The Morgan fingerprint density at radius 3 is 3.10 bits per heavy atom. The van der Waals surface area contributed by atoms with Crippen molar-refractivity contribution in [2.45, 2.75) is 30.4 Å². The van der Waals surface area contributed by atoms with E-state index in [-0.39, 0.29) is 12.1 Å². The maximum atomic E-state index is 11.8.